The normalized spacial score (nSPS) is 16.1. The zero-order chi connectivity index (χ0) is 16.7. The minimum atomic E-state index is -0.00791. The van der Waals surface area contributed by atoms with Crippen LogP contribution in [0, 0.1) is 13.8 Å². The van der Waals surface area contributed by atoms with Gasteiger partial charge >= 0.3 is 0 Å². The first kappa shape index (κ1) is 15.5. The van der Waals surface area contributed by atoms with E-state index in [1.807, 2.05) is 29.8 Å². The van der Waals surface area contributed by atoms with Gasteiger partial charge in [0.25, 0.3) is 5.56 Å². The molecule has 0 saturated carbocycles. The molecule has 126 valence electrons. The van der Waals surface area contributed by atoms with Crippen molar-refractivity contribution in [2.45, 2.75) is 39.2 Å². The maximum Gasteiger partial charge on any atom is 0.277 e. The van der Waals surface area contributed by atoms with Gasteiger partial charge in [0.2, 0.25) is 0 Å². The molecule has 4 rings (SSSR count). The van der Waals surface area contributed by atoms with E-state index in [9.17, 15) is 4.79 Å². The SMILES string of the molecule is Cc1nc(Cn2c(C)cn3c(C4CCOCC4)ncc3c2=O)cs1. The maximum absolute atomic E-state index is 12.9. The zero-order valence-corrected chi connectivity index (χ0v) is 14.7. The van der Waals surface area contributed by atoms with Crippen LogP contribution in [0.4, 0.5) is 0 Å². The molecule has 0 bridgehead atoms. The summed E-state index contributed by atoms with van der Waals surface area (Å²) in [5.41, 5.74) is 2.47. The Kier molecular flexibility index (Phi) is 3.97. The summed E-state index contributed by atoms with van der Waals surface area (Å²) in [7, 11) is 0. The van der Waals surface area contributed by atoms with Crippen molar-refractivity contribution in [1.82, 2.24) is 18.9 Å². The molecule has 0 unspecified atom stereocenters. The van der Waals surface area contributed by atoms with Gasteiger partial charge in [-0.05, 0) is 26.7 Å². The van der Waals surface area contributed by atoms with Crippen molar-refractivity contribution >= 4 is 16.9 Å². The highest BCUT2D eigenvalue weighted by Gasteiger charge is 2.22. The summed E-state index contributed by atoms with van der Waals surface area (Å²) < 4.78 is 9.18. The lowest BCUT2D eigenvalue weighted by atomic mass is 10.00. The van der Waals surface area contributed by atoms with Crippen molar-refractivity contribution in [3.8, 4) is 0 Å². The molecule has 0 spiro atoms. The van der Waals surface area contributed by atoms with Crippen molar-refractivity contribution in [2.24, 2.45) is 0 Å². The molecule has 24 heavy (non-hydrogen) atoms. The highest BCUT2D eigenvalue weighted by atomic mass is 32.1. The summed E-state index contributed by atoms with van der Waals surface area (Å²) in [6.45, 7) is 5.97. The van der Waals surface area contributed by atoms with Crippen LogP contribution in [0.1, 0.15) is 41.0 Å². The van der Waals surface area contributed by atoms with E-state index in [1.165, 1.54) is 0 Å². The summed E-state index contributed by atoms with van der Waals surface area (Å²) in [6.07, 6.45) is 5.64. The third kappa shape index (κ3) is 2.67. The van der Waals surface area contributed by atoms with Gasteiger partial charge in [-0.1, -0.05) is 0 Å². The number of thiazole rings is 1. The maximum atomic E-state index is 12.9. The van der Waals surface area contributed by atoms with Gasteiger partial charge in [-0.25, -0.2) is 9.97 Å². The molecule has 1 saturated heterocycles. The van der Waals surface area contributed by atoms with Crippen LogP contribution in [0.25, 0.3) is 5.52 Å². The fraction of sp³-hybridized carbons (Fsp3) is 0.471. The van der Waals surface area contributed by atoms with Crippen molar-refractivity contribution in [2.75, 3.05) is 13.2 Å². The van der Waals surface area contributed by atoms with Crippen LogP contribution >= 0.6 is 11.3 Å². The monoisotopic (exact) mass is 344 g/mol. The van der Waals surface area contributed by atoms with Gasteiger partial charge in [-0.15, -0.1) is 11.3 Å². The second kappa shape index (κ2) is 6.14. The quantitative estimate of drug-likeness (QED) is 0.732. The van der Waals surface area contributed by atoms with Gasteiger partial charge in [-0.2, -0.15) is 0 Å². The lowest BCUT2D eigenvalue weighted by molar-refractivity contribution is 0.0835. The molecule has 0 aliphatic carbocycles. The van der Waals surface area contributed by atoms with E-state index in [0.29, 0.717) is 18.0 Å². The van der Waals surface area contributed by atoms with Crippen molar-refractivity contribution < 1.29 is 4.74 Å². The van der Waals surface area contributed by atoms with E-state index in [-0.39, 0.29) is 5.56 Å². The number of aromatic nitrogens is 4. The van der Waals surface area contributed by atoms with Crippen molar-refractivity contribution in [3.63, 3.8) is 0 Å². The predicted octanol–water partition coefficient (Wildman–Crippen LogP) is 2.51. The summed E-state index contributed by atoms with van der Waals surface area (Å²) in [4.78, 5) is 21.9. The molecule has 0 radical (unpaired) electrons. The molecule has 1 aliphatic heterocycles. The standard InChI is InChI=1S/C17H20N4O2S/c1-11-8-21-15(7-18-16(21)13-3-5-23-6-4-13)17(22)20(11)9-14-10-24-12(2)19-14/h7-8,10,13H,3-6,9H2,1-2H3. The minimum Gasteiger partial charge on any atom is -0.381 e. The molecule has 1 aliphatic rings. The number of hydrogen-bond acceptors (Lipinski definition) is 5. The molecule has 1 fully saturated rings. The smallest absolute Gasteiger partial charge is 0.277 e. The minimum absolute atomic E-state index is 0.00791. The van der Waals surface area contributed by atoms with Gasteiger partial charge in [-0.3, -0.25) is 9.20 Å². The Morgan fingerprint density at radius 3 is 2.83 bits per heavy atom. The molecule has 0 aromatic carbocycles. The van der Waals surface area contributed by atoms with Crippen molar-refractivity contribution in [1.29, 1.82) is 0 Å². The number of fused-ring (bicyclic) bond motifs is 1. The van der Waals surface area contributed by atoms with Crippen LogP contribution in [0.5, 0.6) is 0 Å². The third-order valence-electron chi connectivity index (χ3n) is 4.60. The summed E-state index contributed by atoms with van der Waals surface area (Å²) in [5, 5.41) is 3.03. The first-order valence-electron chi connectivity index (χ1n) is 8.19. The molecule has 3 aromatic rings. The van der Waals surface area contributed by atoms with E-state index < -0.39 is 0 Å². The third-order valence-corrected chi connectivity index (χ3v) is 5.43. The van der Waals surface area contributed by atoms with E-state index in [0.717, 1.165) is 48.3 Å². The Balaban J connectivity index is 1.76. The van der Waals surface area contributed by atoms with Crippen molar-refractivity contribution in [3.05, 3.63) is 50.3 Å². The molecular formula is C17H20N4O2S. The van der Waals surface area contributed by atoms with Gasteiger partial charge < -0.3 is 9.30 Å². The molecule has 4 heterocycles. The van der Waals surface area contributed by atoms with Crippen LogP contribution < -0.4 is 5.56 Å². The van der Waals surface area contributed by atoms with E-state index in [4.69, 9.17) is 4.74 Å². The van der Waals surface area contributed by atoms with Gasteiger partial charge in [0.15, 0.2) is 0 Å². The number of imidazole rings is 1. The zero-order valence-electron chi connectivity index (χ0n) is 13.9. The molecule has 0 N–H and O–H groups in total. The lowest BCUT2D eigenvalue weighted by Gasteiger charge is -2.21. The summed E-state index contributed by atoms with van der Waals surface area (Å²) in [5.74, 6) is 1.34. The first-order chi connectivity index (χ1) is 11.6. The average Bonchev–Trinajstić information content (AvgIpc) is 3.18. The highest BCUT2D eigenvalue weighted by molar-refractivity contribution is 7.09. The molecule has 0 atom stereocenters. The molecule has 0 amide bonds. The Hall–Kier alpha value is -1.99. The molecule has 6 nitrogen and oxygen atoms in total. The van der Waals surface area contributed by atoms with Gasteiger partial charge in [0.05, 0.1) is 23.4 Å². The number of rotatable bonds is 3. The number of nitrogens with zero attached hydrogens (tertiary/aromatic N) is 4. The van der Waals surface area contributed by atoms with Crippen LogP contribution in [0.3, 0.4) is 0 Å². The predicted molar refractivity (Wildman–Crippen MR) is 92.9 cm³/mol. The molecular weight excluding hydrogens is 324 g/mol. The Bertz CT molecular complexity index is 934. The molecule has 3 aromatic heterocycles. The first-order valence-corrected chi connectivity index (χ1v) is 9.07. The second-order valence-electron chi connectivity index (χ2n) is 6.28. The second-order valence-corrected chi connectivity index (χ2v) is 7.34. The van der Waals surface area contributed by atoms with Gasteiger partial charge in [0.1, 0.15) is 11.3 Å². The van der Waals surface area contributed by atoms with Crippen LogP contribution in [-0.2, 0) is 11.3 Å². The van der Waals surface area contributed by atoms with Crippen LogP contribution in [0.15, 0.2) is 22.6 Å². The van der Waals surface area contributed by atoms with Crippen LogP contribution in [0.2, 0.25) is 0 Å². The number of ether oxygens (including phenoxy) is 1. The Morgan fingerprint density at radius 2 is 2.12 bits per heavy atom. The number of hydrogen-bond donors (Lipinski definition) is 0. The average molecular weight is 344 g/mol. The largest absolute Gasteiger partial charge is 0.381 e. The molecule has 7 heteroatoms. The Labute approximate surface area is 143 Å². The lowest BCUT2D eigenvalue weighted by Crippen LogP contribution is -2.25. The fourth-order valence-corrected chi connectivity index (χ4v) is 3.93. The van der Waals surface area contributed by atoms with E-state index in [1.54, 1.807) is 22.1 Å². The van der Waals surface area contributed by atoms with E-state index >= 15 is 0 Å². The van der Waals surface area contributed by atoms with Gasteiger partial charge in [0, 0.05) is 36.4 Å². The Morgan fingerprint density at radius 1 is 1.33 bits per heavy atom. The van der Waals surface area contributed by atoms with Crippen LogP contribution in [-0.4, -0.2) is 32.1 Å². The summed E-state index contributed by atoms with van der Waals surface area (Å²) >= 11 is 1.61. The highest BCUT2D eigenvalue weighted by Crippen LogP contribution is 2.26. The topological polar surface area (TPSA) is 61.4 Å². The van der Waals surface area contributed by atoms with E-state index in [2.05, 4.69) is 9.97 Å². The fourth-order valence-electron chi connectivity index (χ4n) is 3.32. The summed E-state index contributed by atoms with van der Waals surface area (Å²) in [6, 6.07) is 0. The number of aryl methyl sites for hydroxylation is 2.